The van der Waals surface area contributed by atoms with E-state index in [-0.39, 0.29) is 29.4 Å². The van der Waals surface area contributed by atoms with Gasteiger partial charge in [0.2, 0.25) is 0 Å². The number of rotatable bonds is 6. The third kappa shape index (κ3) is 4.00. The van der Waals surface area contributed by atoms with Crippen LogP contribution in [0.2, 0.25) is 0 Å². The lowest BCUT2D eigenvalue weighted by molar-refractivity contribution is -0.134. The Labute approximate surface area is 181 Å². The van der Waals surface area contributed by atoms with Crippen LogP contribution in [0.4, 0.5) is 0 Å². The smallest absolute Gasteiger partial charge is 0.171 e. The summed E-state index contributed by atoms with van der Waals surface area (Å²) >= 11 is 0. The Bertz CT molecular complexity index is 816. The summed E-state index contributed by atoms with van der Waals surface area (Å²) in [5.74, 6) is 0.616. The second-order valence-corrected chi connectivity index (χ2v) is 9.80. The first kappa shape index (κ1) is 21.3. The number of ketones is 2. The highest BCUT2D eigenvalue weighted by Gasteiger charge is 2.49. The Morgan fingerprint density at radius 2 is 1.60 bits per heavy atom. The van der Waals surface area contributed by atoms with E-state index in [0.29, 0.717) is 6.42 Å². The predicted molar refractivity (Wildman–Crippen MR) is 121 cm³/mol. The highest BCUT2D eigenvalue weighted by atomic mass is 16.2. The quantitative estimate of drug-likeness (QED) is 0.629. The standard InChI is InChI=1S/C27H37NO2/c1-4-20-25-24(27(30)21(5-2)26(20)29)22(15-19-13-11-17(3)12-14-19)23(28-25)16-18-9-7-6-8-10-18/h11-14,18,20-23,28H,4-10,15-16H2,1-3H3. The van der Waals surface area contributed by atoms with E-state index in [4.69, 9.17) is 0 Å². The van der Waals surface area contributed by atoms with Crippen LogP contribution in [0.15, 0.2) is 35.5 Å². The molecule has 0 aromatic heterocycles. The van der Waals surface area contributed by atoms with Gasteiger partial charge in [-0.3, -0.25) is 9.59 Å². The maximum atomic E-state index is 13.5. The summed E-state index contributed by atoms with van der Waals surface area (Å²) < 4.78 is 0. The number of aryl methyl sites for hydroxylation is 1. The molecule has 3 heteroatoms. The van der Waals surface area contributed by atoms with Crippen LogP contribution in [0.3, 0.4) is 0 Å². The fourth-order valence-corrected chi connectivity index (χ4v) is 6.10. The van der Waals surface area contributed by atoms with Crippen molar-refractivity contribution in [1.82, 2.24) is 5.32 Å². The van der Waals surface area contributed by atoms with Gasteiger partial charge in [0.05, 0.1) is 11.8 Å². The van der Waals surface area contributed by atoms with Crippen molar-refractivity contribution in [2.45, 2.75) is 84.6 Å². The maximum absolute atomic E-state index is 13.5. The van der Waals surface area contributed by atoms with Gasteiger partial charge in [-0.1, -0.05) is 75.8 Å². The van der Waals surface area contributed by atoms with Gasteiger partial charge in [-0.05, 0) is 44.1 Å². The van der Waals surface area contributed by atoms with Gasteiger partial charge in [0.15, 0.2) is 11.6 Å². The molecule has 3 nitrogen and oxygen atoms in total. The van der Waals surface area contributed by atoms with Crippen LogP contribution in [-0.4, -0.2) is 17.6 Å². The largest absolute Gasteiger partial charge is 0.384 e. The lowest BCUT2D eigenvalue weighted by Crippen LogP contribution is -2.39. The minimum atomic E-state index is -0.440. The van der Waals surface area contributed by atoms with E-state index in [1.165, 1.54) is 43.2 Å². The number of hydrogen-bond acceptors (Lipinski definition) is 3. The molecule has 3 aliphatic rings. The van der Waals surface area contributed by atoms with Crippen molar-refractivity contribution in [3.8, 4) is 0 Å². The molecule has 1 aromatic carbocycles. The molecular weight excluding hydrogens is 370 g/mol. The molecule has 4 rings (SSSR count). The average Bonchev–Trinajstić information content (AvgIpc) is 3.09. The number of Topliss-reactive ketones (excluding diaryl/α,β-unsaturated/α-hetero) is 2. The summed E-state index contributed by atoms with van der Waals surface area (Å²) in [4.78, 5) is 26.5. The zero-order chi connectivity index (χ0) is 21.3. The second-order valence-electron chi connectivity index (χ2n) is 9.80. The summed E-state index contributed by atoms with van der Waals surface area (Å²) in [7, 11) is 0. The van der Waals surface area contributed by atoms with Gasteiger partial charge >= 0.3 is 0 Å². The Hall–Kier alpha value is -1.90. The Morgan fingerprint density at radius 1 is 0.933 bits per heavy atom. The Morgan fingerprint density at radius 3 is 2.23 bits per heavy atom. The van der Waals surface area contributed by atoms with Gasteiger partial charge in [0.1, 0.15) is 0 Å². The minimum absolute atomic E-state index is 0.109. The molecule has 0 spiro atoms. The molecule has 4 unspecified atom stereocenters. The van der Waals surface area contributed by atoms with Gasteiger partial charge in [-0.15, -0.1) is 0 Å². The zero-order valence-electron chi connectivity index (χ0n) is 18.9. The fraction of sp³-hybridized carbons (Fsp3) is 0.630. The second kappa shape index (κ2) is 9.08. The topological polar surface area (TPSA) is 46.2 Å². The van der Waals surface area contributed by atoms with Crippen LogP contribution in [0.1, 0.15) is 76.3 Å². The van der Waals surface area contributed by atoms with Crippen molar-refractivity contribution in [1.29, 1.82) is 0 Å². The number of hydrogen-bond donors (Lipinski definition) is 1. The molecule has 0 bridgehead atoms. The lowest BCUT2D eigenvalue weighted by atomic mass is 9.71. The van der Waals surface area contributed by atoms with E-state index in [9.17, 15) is 9.59 Å². The van der Waals surface area contributed by atoms with Gasteiger partial charge < -0.3 is 5.32 Å². The number of allylic oxidation sites excluding steroid dienone is 1. The molecule has 1 fully saturated rings. The summed E-state index contributed by atoms with van der Waals surface area (Å²) in [5.41, 5.74) is 4.50. The van der Waals surface area contributed by atoms with Crippen LogP contribution in [-0.2, 0) is 16.0 Å². The van der Waals surface area contributed by atoms with E-state index in [2.05, 4.69) is 43.4 Å². The normalized spacial score (nSPS) is 29.8. The van der Waals surface area contributed by atoms with Crippen molar-refractivity contribution in [3.05, 3.63) is 46.7 Å². The van der Waals surface area contributed by atoms with Crippen LogP contribution in [0.5, 0.6) is 0 Å². The van der Waals surface area contributed by atoms with Gasteiger partial charge in [0.25, 0.3) is 0 Å². The molecule has 0 amide bonds. The predicted octanol–water partition coefficient (Wildman–Crippen LogP) is 5.55. The monoisotopic (exact) mass is 407 g/mol. The zero-order valence-corrected chi connectivity index (χ0v) is 18.9. The first-order valence-electron chi connectivity index (χ1n) is 12.2. The molecule has 1 saturated carbocycles. The van der Waals surface area contributed by atoms with E-state index in [1.54, 1.807) is 0 Å². The third-order valence-electron chi connectivity index (χ3n) is 7.81. The summed E-state index contributed by atoms with van der Waals surface area (Å²) in [6, 6.07) is 9.02. The minimum Gasteiger partial charge on any atom is -0.384 e. The molecule has 0 radical (unpaired) electrons. The molecular formula is C27H37NO2. The summed E-state index contributed by atoms with van der Waals surface area (Å²) in [6.07, 6.45) is 10.1. The van der Waals surface area contributed by atoms with E-state index >= 15 is 0 Å². The molecule has 1 aliphatic heterocycles. The summed E-state index contributed by atoms with van der Waals surface area (Å²) in [5, 5.41) is 3.77. The molecule has 1 heterocycles. The molecule has 162 valence electrons. The first-order chi connectivity index (χ1) is 14.5. The van der Waals surface area contributed by atoms with Crippen molar-refractivity contribution < 1.29 is 9.59 Å². The van der Waals surface area contributed by atoms with Crippen LogP contribution < -0.4 is 5.32 Å². The fourth-order valence-electron chi connectivity index (χ4n) is 6.10. The number of benzene rings is 1. The molecule has 30 heavy (non-hydrogen) atoms. The van der Waals surface area contributed by atoms with Crippen molar-refractivity contribution in [2.75, 3.05) is 0 Å². The van der Waals surface area contributed by atoms with Crippen molar-refractivity contribution in [3.63, 3.8) is 0 Å². The lowest BCUT2D eigenvalue weighted by Gasteiger charge is -2.29. The molecule has 1 aromatic rings. The SMILES string of the molecule is CCC1C(=O)C2=C(NC(CC3CCCCC3)C2Cc2ccc(C)cc2)C(CC)C1=O. The van der Waals surface area contributed by atoms with E-state index in [1.807, 2.05) is 6.92 Å². The van der Waals surface area contributed by atoms with Gasteiger partial charge in [0, 0.05) is 23.2 Å². The van der Waals surface area contributed by atoms with Gasteiger partial charge in [-0.2, -0.15) is 0 Å². The van der Waals surface area contributed by atoms with E-state index < -0.39 is 5.92 Å². The van der Waals surface area contributed by atoms with Crippen LogP contribution in [0.25, 0.3) is 0 Å². The molecule has 1 N–H and O–H groups in total. The van der Waals surface area contributed by atoms with E-state index in [0.717, 1.165) is 36.5 Å². The van der Waals surface area contributed by atoms with Crippen molar-refractivity contribution in [2.24, 2.45) is 23.7 Å². The highest BCUT2D eigenvalue weighted by molar-refractivity contribution is 6.15. The Kier molecular flexibility index (Phi) is 6.46. The molecule has 0 saturated heterocycles. The van der Waals surface area contributed by atoms with Gasteiger partial charge in [-0.25, -0.2) is 0 Å². The van der Waals surface area contributed by atoms with Crippen LogP contribution >= 0.6 is 0 Å². The summed E-state index contributed by atoms with van der Waals surface area (Å²) in [6.45, 7) is 6.18. The van der Waals surface area contributed by atoms with Crippen LogP contribution in [0, 0.1) is 30.6 Å². The molecule has 4 atom stereocenters. The Balaban J connectivity index is 1.67. The maximum Gasteiger partial charge on any atom is 0.171 e. The average molecular weight is 408 g/mol. The third-order valence-corrected chi connectivity index (χ3v) is 7.81. The number of carbonyl (C=O) groups is 2. The number of nitrogens with one attached hydrogen (secondary N) is 1. The molecule has 2 aliphatic carbocycles. The highest BCUT2D eigenvalue weighted by Crippen LogP contribution is 2.43. The van der Waals surface area contributed by atoms with Crippen molar-refractivity contribution >= 4 is 11.6 Å². The first-order valence-corrected chi connectivity index (χ1v) is 12.2. The number of carbonyl (C=O) groups excluding carboxylic acids is 2.